The van der Waals surface area contributed by atoms with Crippen LogP contribution >= 0.6 is 11.6 Å². The predicted molar refractivity (Wildman–Crippen MR) is 111 cm³/mol. The quantitative estimate of drug-likeness (QED) is 0.614. The van der Waals surface area contributed by atoms with Crippen LogP contribution in [0.15, 0.2) is 35.6 Å². The third kappa shape index (κ3) is 4.55. The van der Waals surface area contributed by atoms with Gasteiger partial charge >= 0.3 is 6.18 Å². The molecule has 2 aromatic rings. The first kappa shape index (κ1) is 22.3. The lowest BCUT2D eigenvalue weighted by atomic mass is 10.0. The maximum atomic E-state index is 13.3. The molecule has 0 radical (unpaired) electrons. The largest absolute Gasteiger partial charge is 0.431 e. The van der Waals surface area contributed by atoms with Crippen LogP contribution in [0, 0.1) is 6.92 Å². The Morgan fingerprint density at radius 1 is 1.32 bits per heavy atom. The van der Waals surface area contributed by atoms with Crippen molar-refractivity contribution in [1.82, 2.24) is 10.3 Å². The lowest BCUT2D eigenvalue weighted by Gasteiger charge is -2.23. The van der Waals surface area contributed by atoms with Crippen molar-refractivity contribution in [3.05, 3.63) is 46.6 Å². The van der Waals surface area contributed by atoms with Crippen molar-refractivity contribution >= 4 is 46.3 Å². The van der Waals surface area contributed by atoms with Gasteiger partial charge in [-0.05, 0) is 36.8 Å². The zero-order valence-electron chi connectivity index (χ0n) is 16.4. The molecule has 1 aromatic carbocycles. The number of aryl methyl sites for hydroxylation is 1. The average molecular weight is 455 g/mol. The van der Waals surface area contributed by atoms with Crippen molar-refractivity contribution in [3.8, 4) is 0 Å². The summed E-state index contributed by atoms with van der Waals surface area (Å²) in [5.41, 5.74) is 5.60. The minimum Gasteiger partial charge on any atom is -0.399 e. The van der Waals surface area contributed by atoms with Crippen molar-refractivity contribution in [2.45, 2.75) is 25.6 Å². The predicted octanol–water partition coefficient (Wildman–Crippen LogP) is 3.12. The second kappa shape index (κ2) is 8.42. The van der Waals surface area contributed by atoms with Crippen LogP contribution in [-0.2, 0) is 4.79 Å². The smallest absolute Gasteiger partial charge is 0.399 e. The third-order valence-electron chi connectivity index (χ3n) is 4.57. The standard InChI is InChI=1S/C19H18ClF3N6O2/c1-9-6-10(24)7-11(17(30)25-2)15(9)27-18(31)13-8-14(19(21,22)23)28-29(13)16-12(20)4-3-5-26-16/h3-7,13H,8,24H2,1-2H3,(H,25,30)(H,27,31). The number of aromatic nitrogens is 1. The number of nitrogens with one attached hydrogen (secondary N) is 2. The van der Waals surface area contributed by atoms with Crippen molar-refractivity contribution in [1.29, 1.82) is 0 Å². The summed E-state index contributed by atoms with van der Waals surface area (Å²) in [5.74, 6) is -1.43. The highest BCUT2D eigenvalue weighted by Crippen LogP contribution is 2.34. The second-order valence-corrected chi connectivity index (χ2v) is 7.15. The number of carbonyl (C=O) groups is 2. The van der Waals surface area contributed by atoms with Crippen LogP contribution in [0.1, 0.15) is 22.3 Å². The molecule has 0 spiro atoms. The van der Waals surface area contributed by atoms with E-state index >= 15 is 0 Å². The number of anilines is 3. The van der Waals surface area contributed by atoms with Gasteiger partial charge in [0.15, 0.2) is 5.82 Å². The molecular weight excluding hydrogens is 437 g/mol. The molecule has 1 aliphatic heterocycles. The second-order valence-electron chi connectivity index (χ2n) is 6.75. The first-order valence-electron chi connectivity index (χ1n) is 9.00. The summed E-state index contributed by atoms with van der Waals surface area (Å²) in [6.07, 6.45) is -4.13. The minimum atomic E-state index is -4.74. The van der Waals surface area contributed by atoms with Gasteiger partial charge in [0.05, 0.1) is 16.3 Å². The first-order valence-corrected chi connectivity index (χ1v) is 9.38. The highest BCUT2D eigenvalue weighted by Gasteiger charge is 2.46. The Morgan fingerprint density at radius 2 is 2.03 bits per heavy atom. The van der Waals surface area contributed by atoms with E-state index in [-0.39, 0.29) is 22.1 Å². The lowest BCUT2D eigenvalue weighted by molar-refractivity contribution is -0.117. The molecule has 4 N–H and O–H groups in total. The summed E-state index contributed by atoms with van der Waals surface area (Å²) in [6, 6.07) is 4.42. The number of amides is 2. The molecule has 0 saturated carbocycles. The Bertz CT molecular complexity index is 1070. The molecule has 1 aliphatic rings. The molecule has 12 heteroatoms. The first-order chi connectivity index (χ1) is 14.5. The lowest BCUT2D eigenvalue weighted by Crippen LogP contribution is -2.40. The molecule has 164 valence electrons. The Balaban J connectivity index is 1.99. The molecule has 0 bridgehead atoms. The zero-order chi connectivity index (χ0) is 22.9. The summed E-state index contributed by atoms with van der Waals surface area (Å²) in [5, 5.41) is 9.41. The Morgan fingerprint density at radius 3 is 2.65 bits per heavy atom. The Kier molecular flexibility index (Phi) is 6.07. The summed E-state index contributed by atoms with van der Waals surface area (Å²) < 4.78 is 40.0. The number of nitrogen functional groups attached to an aromatic ring is 1. The van der Waals surface area contributed by atoms with Crippen LogP contribution in [0.3, 0.4) is 0 Å². The van der Waals surface area contributed by atoms with Crippen LogP contribution in [0.25, 0.3) is 0 Å². The Labute approximate surface area is 180 Å². The van der Waals surface area contributed by atoms with Crippen LogP contribution in [0.5, 0.6) is 0 Å². The molecule has 0 saturated heterocycles. The fraction of sp³-hybridized carbons (Fsp3) is 0.263. The van der Waals surface area contributed by atoms with Gasteiger partial charge in [-0.25, -0.2) is 9.99 Å². The molecule has 0 fully saturated rings. The van der Waals surface area contributed by atoms with E-state index < -0.39 is 36.2 Å². The van der Waals surface area contributed by atoms with Crippen molar-refractivity contribution < 1.29 is 22.8 Å². The topological polar surface area (TPSA) is 113 Å². The number of hydrogen-bond donors (Lipinski definition) is 3. The highest BCUT2D eigenvalue weighted by molar-refractivity contribution is 6.33. The fourth-order valence-corrected chi connectivity index (χ4v) is 3.34. The number of hydrogen-bond acceptors (Lipinski definition) is 6. The van der Waals surface area contributed by atoms with Gasteiger partial charge in [0.2, 0.25) is 5.91 Å². The maximum Gasteiger partial charge on any atom is 0.431 e. The number of benzene rings is 1. The van der Waals surface area contributed by atoms with Gasteiger partial charge in [-0.15, -0.1) is 0 Å². The summed E-state index contributed by atoms with van der Waals surface area (Å²) >= 11 is 6.07. The average Bonchev–Trinajstić information content (AvgIpc) is 3.15. The van der Waals surface area contributed by atoms with Gasteiger partial charge in [0.1, 0.15) is 11.8 Å². The number of rotatable bonds is 4. The van der Waals surface area contributed by atoms with Crippen LogP contribution in [0.4, 0.5) is 30.4 Å². The molecule has 2 amide bonds. The summed E-state index contributed by atoms with van der Waals surface area (Å²) in [6.45, 7) is 1.61. The molecule has 8 nitrogen and oxygen atoms in total. The van der Waals surface area contributed by atoms with E-state index in [0.29, 0.717) is 11.3 Å². The summed E-state index contributed by atoms with van der Waals surface area (Å²) in [7, 11) is 1.40. The van der Waals surface area contributed by atoms with E-state index in [9.17, 15) is 22.8 Å². The van der Waals surface area contributed by atoms with Gasteiger partial charge in [0.25, 0.3) is 5.91 Å². The van der Waals surface area contributed by atoms with Gasteiger partial charge in [-0.3, -0.25) is 9.59 Å². The SMILES string of the molecule is CNC(=O)c1cc(N)cc(C)c1NC(=O)C1CC(C(F)(F)F)=NN1c1ncccc1Cl. The summed E-state index contributed by atoms with van der Waals surface area (Å²) in [4.78, 5) is 29.2. The van der Waals surface area contributed by atoms with E-state index in [4.69, 9.17) is 17.3 Å². The van der Waals surface area contributed by atoms with Crippen molar-refractivity contribution in [3.63, 3.8) is 0 Å². The number of nitrogens with two attached hydrogens (primary N) is 1. The van der Waals surface area contributed by atoms with Gasteiger partial charge < -0.3 is 16.4 Å². The zero-order valence-corrected chi connectivity index (χ0v) is 17.2. The molecular formula is C19H18ClF3N6O2. The Hall–Kier alpha value is -3.34. The molecule has 3 rings (SSSR count). The number of halogens is 4. The molecule has 0 aliphatic carbocycles. The fourth-order valence-electron chi connectivity index (χ4n) is 3.13. The van der Waals surface area contributed by atoms with Crippen molar-refractivity contribution in [2.24, 2.45) is 5.10 Å². The third-order valence-corrected chi connectivity index (χ3v) is 4.87. The molecule has 1 atom stereocenters. The van der Waals surface area contributed by atoms with E-state index in [1.807, 2.05) is 0 Å². The minimum absolute atomic E-state index is 0.0298. The monoisotopic (exact) mass is 454 g/mol. The number of hydrazone groups is 1. The highest BCUT2D eigenvalue weighted by atomic mass is 35.5. The van der Waals surface area contributed by atoms with Gasteiger partial charge in [-0.1, -0.05) is 11.6 Å². The van der Waals surface area contributed by atoms with E-state index in [1.54, 1.807) is 6.92 Å². The van der Waals surface area contributed by atoms with Crippen LogP contribution in [0.2, 0.25) is 5.02 Å². The number of alkyl halides is 3. The number of nitrogens with zero attached hydrogens (tertiary/aromatic N) is 3. The van der Waals surface area contributed by atoms with E-state index in [0.717, 1.165) is 5.01 Å². The molecule has 1 unspecified atom stereocenters. The number of carbonyl (C=O) groups excluding carboxylic acids is 2. The van der Waals surface area contributed by atoms with Gasteiger partial charge in [-0.2, -0.15) is 18.3 Å². The number of pyridine rings is 1. The van der Waals surface area contributed by atoms with Crippen LogP contribution < -0.4 is 21.4 Å². The van der Waals surface area contributed by atoms with Crippen LogP contribution in [-0.4, -0.2) is 41.8 Å². The molecule has 31 heavy (non-hydrogen) atoms. The molecule has 2 heterocycles. The normalized spacial score (nSPS) is 16.1. The van der Waals surface area contributed by atoms with E-state index in [1.165, 1.54) is 37.5 Å². The van der Waals surface area contributed by atoms with E-state index in [2.05, 4.69) is 20.7 Å². The molecule has 1 aromatic heterocycles. The maximum absolute atomic E-state index is 13.3. The van der Waals surface area contributed by atoms with Gasteiger partial charge in [0, 0.05) is 25.4 Å². The van der Waals surface area contributed by atoms with Crippen molar-refractivity contribution in [2.75, 3.05) is 23.1 Å².